The number of aromatic nitrogens is 2. The number of carbonyl (C=O) groups is 1. The van der Waals surface area contributed by atoms with Gasteiger partial charge in [-0.25, -0.2) is 3.79 Å². The van der Waals surface area contributed by atoms with Crippen molar-refractivity contribution in [1.29, 1.82) is 0 Å². The smallest absolute Gasteiger partial charge is 0.277 e. The zero-order chi connectivity index (χ0) is 16.7. The molecule has 0 N–H and O–H groups in total. The lowest BCUT2D eigenvalue weighted by atomic mass is 10.2. The molecule has 0 aliphatic heterocycles. The van der Waals surface area contributed by atoms with Crippen LogP contribution in [-0.2, 0) is 0 Å². The Labute approximate surface area is 144 Å². The molecule has 4 aromatic rings. The van der Waals surface area contributed by atoms with Gasteiger partial charge >= 0.3 is 0 Å². The molecule has 118 valence electrons. The van der Waals surface area contributed by atoms with Crippen molar-refractivity contribution >= 4 is 44.6 Å². The molecule has 2 aromatic heterocycles. The molecule has 2 heterocycles. The first-order valence-corrected chi connectivity index (χ1v) is 8.78. The molecule has 7 heteroatoms. The van der Waals surface area contributed by atoms with Crippen molar-refractivity contribution in [2.24, 2.45) is 4.99 Å². The molecule has 0 saturated carbocycles. The summed E-state index contributed by atoms with van der Waals surface area (Å²) in [6, 6.07) is 14.6. The van der Waals surface area contributed by atoms with Crippen LogP contribution < -0.4 is 9.54 Å². The quantitative estimate of drug-likeness (QED) is 0.528. The lowest BCUT2D eigenvalue weighted by Gasteiger charge is -1.99. The van der Waals surface area contributed by atoms with Gasteiger partial charge in [0, 0.05) is 5.56 Å². The van der Waals surface area contributed by atoms with Crippen LogP contribution in [0.5, 0.6) is 0 Å². The Kier molecular flexibility index (Phi) is 3.59. The zero-order valence-corrected chi connectivity index (χ0v) is 14.2. The third-order valence-electron chi connectivity index (χ3n) is 3.53. The van der Waals surface area contributed by atoms with E-state index in [2.05, 4.69) is 9.98 Å². The van der Waals surface area contributed by atoms with Crippen LogP contribution in [0, 0.1) is 6.92 Å². The van der Waals surface area contributed by atoms with Gasteiger partial charge < -0.3 is 0 Å². The number of benzene rings is 2. The van der Waals surface area contributed by atoms with Crippen molar-refractivity contribution in [3.8, 4) is 0 Å². The summed E-state index contributed by atoms with van der Waals surface area (Å²) in [6.07, 6.45) is 0. The van der Waals surface area contributed by atoms with Gasteiger partial charge in [-0.2, -0.15) is 9.98 Å². The summed E-state index contributed by atoms with van der Waals surface area (Å²) in [6.45, 7) is 1.95. The summed E-state index contributed by atoms with van der Waals surface area (Å²) in [5, 5.41) is 0.655. The molecule has 4 rings (SSSR count). The van der Waals surface area contributed by atoms with Gasteiger partial charge in [-0.05, 0) is 42.7 Å². The van der Waals surface area contributed by atoms with Crippen molar-refractivity contribution in [1.82, 2.24) is 8.77 Å². The van der Waals surface area contributed by atoms with Crippen molar-refractivity contribution in [2.45, 2.75) is 6.92 Å². The Morgan fingerprint density at radius 3 is 2.75 bits per heavy atom. The highest BCUT2D eigenvalue weighted by Gasteiger charge is 2.10. The van der Waals surface area contributed by atoms with Crippen LogP contribution in [0.3, 0.4) is 0 Å². The van der Waals surface area contributed by atoms with E-state index in [1.807, 2.05) is 35.0 Å². The molecule has 2 aromatic carbocycles. The molecule has 0 spiro atoms. The minimum Gasteiger partial charge on any atom is -0.277 e. The van der Waals surface area contributed by atoms with Crippen molar-refractivity contribution < 1.29 is 4.79 Å². The number of amides is 1. The lowest BCUT2D eigenvalue weighted by molar-refractivity contribution is 0.0998. The number of rotatable bonds is 1. The van der Waals surface area contributed by atoms with E-state index in [1.165, 1.54) is 11.5 Å². The molecule has 1 amide bonds. The molecule has 0 aliphatic rings. The van der Waals surface area contributed by atoms with Gasteiger partial charge in [-0.15, -0.1) is 0 Å². The standard InChI is InChI=1S/C17H11N3O2S2/c1-10-7-8-13-12(9-10)15(22)23-17-19-16(24-20(13)17)18-14(21)11-5-3-2-4-6-11/h2-9H,1H3. The summed E-state index contributed by atoms with van der Waals surface area (Å²) >= 11 is 2.31. The van der Waals surface area contributed by atoms with Gasteiger partial charge in [0.2, 0.25) is 14.5 Å². The van der Waals surface area contributed by atoms with Crippen LogP contribution in [0.25, 0.3) is 15.9 Å². The van der Waals surface area contributed by atoms with Crippen LogP contribution in [0.2, 0.25) is 0 Å². The van der Waals surface area contributed by atoms with E-state index < -0.39 is 0 Å². The average Bonchev–Trinajstić information content (AvgIpc) is 2.98. The lowest BCUT2D eigenvalue weighted by Crippen LogP contribution is -2.04. The summed E-state index contributed by atoms with van der Waals surface area (Å²) in [4.78, 5) is 33.7. The van der Waals surface area contributed by atoms with Crippen LogP contribution >= 0.6 is 22.9 Å². The number of fused-ring (bicyclic) bond motifs is 3. The Bertz CT molecular complexity index is 1200. The van der Waals surface area contributed by atoms with E-state index in [1.54, 1.807) is 24.3 Å². The van der Waals surface area contributed by atoms with Crippen LogP contribution in [0.15, 0.2) is 58.3 Å². The van der Waals surface area contributed by atoms with Gasteiger partial charge in [-0.1, -0.05) is 41.2 Å². The largest absolute Gasteiger partial charge is 0.279 e. The van der Waals surface area contributed by atoms with Crippen molar-refractivity contribution in [2.75, 3.05) is 0 Å². The Morgan fingerprint density at radius 2 is 1.96 bits per heavy atom. The zero-order valence-electron chi connectivity index (χ0n) is 12.6. The minimum absolute atomic E-state index is 0.0417. The third kappa shape index (κ3) is 2.57. The van der Waals surface area contributed by atoms with Gasteiger partial charge in [0.25, 0.3) is 5.91 Å². The first-order valence-electron chi connectivity index (χ1n) is 7.19. The summed E-state index contributed by atoms with van der Waals surface area (Å²) in [5.41, 5.74) is 2.32. The van der Waals surface area contributed by atoms with E-state index in [0.717, 1.165) is 22.4 Å². The fourth-order valence-corrected chi connectivity index (χ4v) is 4.22. The van der Waals surface area contributed by atoms with Crippen molar-refractivity contribution in [3.05, 3.63) is 74.0 Å². The third-order valence-corrected chi connectivity index (χ3v) is 5.41. The Hall–Kier alpha value is -2.64. The average molecular weight is 353 g/mol. The summed E-state index contributed by atoms with van der Waals surface area (Å²) < 4.78 is 1.80. The molecular formula is C17H11N3O2S2. The second kappa shape index (κ2) is 5.77. The van der Waals surface area contributed by atoms with Gasteiger partial charge in [0.05, 0.1) is 10.9 Å². The highest BCUT2D eigenvalue weighted by Crippen LogP contribution is 2.17. The fraction of sp³-hybridized carbons (Fsp3) is 0.0588. The molecule has 0 atom stereocenters. The molecule has 5 nitrogen and oxygen atoms in total. The summed E-state index contributed by atoms with van der Waals surface area (Å²) in [5.74, 6) is -0.345. The minimum atomic E-state index is -0.345. The highest BCUT2D eigenvalue weighted by atomic mass is 32.1. The molecule has 0 unspecified atom stereocenters. The molecule has 0 fully saturated rings. The second-order valence-corrected chi connectivity index (χ2v) is 7.11. The highest BCUT2D eigenvalue weighted by molar-refractivity contribution is 7.17. The van der Waals surface area contributed by atoms with E-state index in [4.69, 9.17) is 0 Å². The molecule has 0 saturated heterocycles. The van der Waals surface area contributed by atoms with Gasteiger partial charge in [-0.3, -0.25) is 9.59 Å². The normalized spacial score (nSPS) is 12.1. The molecular weight excluding hydrogens is 342 g/mol. The Morgan fingerprint density at radius 1 is 1.17 bits per heavy atom. The number of aryl methyl sites for hydroxylation is 1. The predicted octanol–water partition coefficient (Wildman–Crippen LogP) is 3.02. The van der Waals surface area contributed by atoms with Crippen LogP contribution in [0.4, 0.5) is 0 Å². The molecule has 24 heavy (non-hydrogen) atoms. The Balaban J connectivity index is 1.93. The maximum absolute atomic E-state index is 12.3. The maximum atomic E-state index is 12.3. The van der Waals surface area contributed by atoms with E-state index in [0.29, 0.717) is 20.7 Å². The van der Waals surface area contributed by atoms with Crippen molar-refractivity contribution in [3.63, 3.8) is 0 Å². The fourth-order valence-electron chi connectivity index (χ4n) is 2.39. The first-order chi connectivity index (χ1) is 11.6. The van der Waals surface area contributed by atoms with Crippen LogP contribution in [0.1, 0.15) is 15.9 Å². The van der Waals surface area contributed by atoms with Gasteiger partial charge in [0.1, 0.15) is 0 Å². The summed E-state index contributed by atoms with van der Waals surface area (Å²) in [7, 11) is 0. The van der Waals surface area contributed by atoms with E-state index in [9.17, 15) is 9.59 Å². The number of hydrogen-bond acceptors (Lipinski definition) is 5. The molecule has 0 radical (unpaired) electrons. The van der Waals surface area contributed by atoms with E-state index in [-0.39, 0.29) is 10.6 Å². The maximum Gasteiger partial charge on any atom is 0.279 e. The molecule has 0 aliphatic carbocycles. The predicted molar refractivity (Wildman–Crippen MR) is 95.8 cm³/mol. The topological polar surface area (TPSA) is 63.8 Å². The first kappa shape index (κ1) is 14.9. The van der Waals surface area contributed by atoms with E-state index >= 15 is 0 Å². The number of nitrogens with zero attached hydrogens (tertiary/aromatic N) is 3. The van der Waals surface area contributed by atoms with Gasteiger partial charge in [0.15, 0.2) is 0 Å². The van der Waals surface area contributed by atoms with Crippen LogP contribution in [-0.4, -0.2) is 14.7 Å². The second-order valence-electron chi connectivity index (χ2n) is 5.26. The molecule has 0 bridgehead atoms. The SMILES string of the molecule is Cc1ccc2c(c1)c(=O)sc1nc(=NC(=O)c3ccccc3)sn12. The monoisotopic (exact) mass is 353 g/mol. The number of hydrogen-bond donors (Lipinski definition) is 0. The number of carbonyl (C=O) groups excluding carboxylic acids is 1.